The second kappa shape index (κ2) is 5.61. The Bertz CT molecular complexity index is 443. The van der Waals surface area contributed by atoms with Crippen molar-refractivity contribution in [1.82, 2.24) is 0 Å². The van der Waals surface area contributed by atoms with Crippen LogP contribution in [0.3, 0.4) is 0 Å². The first-order valence-corrected chi connectivity index (χ1v) is 6.57. The minimum Gasteiger partial charge on any atom is -0.0776 e. The van der Waals surface area contributed by atoms with E-state index in [0.717, 1.165) is 0 Å². The summed E-state index contributed by atoms with van der Waals surface area (Å²) >= 11 is 0. The van der Waals surface area contributed by atoms with Crippen molar-refractivity contribution in [2.45, 2.75) is 46.0 Å². The zero-order valence-corrected chi connectivity index (χ0v) is 11.8. The standard InChI is InChI=1S/C18H22.CH4/c1-17(2,15-11-7-5-8-12-15)18(3,4)16-13-9-6-10-14-16;/h5-14H,1-4H3;1H4. The summed E-state index contributed by atoms with van der Waals surface area (Å²) in [7, 11) is 0. The van der Waals surface area contributed by atoms with E-state index in [9.17, 15) is 0 Å². The molecule has 19 heavy (non-hydrogen) atoms. The van der Waals surface area contributed by atoms with Crippen LogP contribution >= 0.6 is 0 Å². The van der Waals surface area contributed by atoms with E-state index in [1.54, 1.807) is 0 Å². The molecule has 0 atom stereocenters. The lowest BCUT2D eigenvalue weighted by atomic mass is 9.61. The van der Waals surface area contributed by atoms with Crippen LogP contribution in [-0.4, -0.2) is 0 Å². The van der Waals surface area contributed by atoms with Crippen LogP contribution in [0.15, 0.2) is 60.7 Å². The van der Waals surface area contributed by atoms with E-state index in [0.29, 0.717) is 0 Å². The van der Waals surface area contributed by atoms with E-state index in [4.69, 9.17) is 0 Å². The molecule has 102 valence electrons. The summed E-state index contributed by atoms with van der Waals surface area (Å²) in [6, 6.07) is 21.6. The van der Waals surface area contributed by atoms with E-state index < -0.39 is 0 Å². The molecule has 2 aromatic rings. The van der Waals surface area contributed by atoms with Gasteiger partial charge in [0.15, 0.2) is 0 Å². The highest BCUT2D eigenvalue weighted by molar-refractivity contribution is 5.35. The summed E-state index contributed by atoms with van der Waals surface area (Å²) in [6.45, 7) is 9.31. The van der Waals surface area contributed by atoms with Gasteiger partial charge in [0.2, 0.25) is 0 Å². The highest BCUT2D eigenvalue weighted by Gasteiger charge is 2.39. The second-order valence-electron chi connectivity index (χ2n) is 5.98. The molecule has 0 fully saturated rings. The lowest BCUT2D eigenvalue weighted by molar-refractivity contribution is 0.303. The van der Waals surface area contributed by atoms with Gasteiger partial charge >= 0.3 is 0 Å². The monoisotopic (exact) mass is 254 g/mol. The van der Waals surface area contributed by atoms with Gasteiger partial charge in [-0.15, -0.1) is 0 Å². The van der Waals surface area contributed by atoms with Gasteiger partial charge in [0, 0.05) is 0 Å². The van der Waals surface area contributed by atoms with Crippen molar-refractivity contribution < 1.29 is 0 Å². The van der Waals surface area contributed by atoms with Gasteiger partial charge in [0.1, 0.15) is 0 Å². The van der Waals surface area contributed by atoms with Crippen LogP contribution in [0.25, 0.3) is 0 Å². The molecule has 0 spiro atoms. The summed E-state index contributed by atoms with van der Waals surface area (Å²) in [5.74, 6) is 0. The quantitative estimate of drug-likeness (QED) is 0.671. The minimum atomic E-state index is 0. The van der Waals surface area contributed by atoms with Crippen LogP contribution < -0.4 is 0 Å². The number of benzene rings is 2. The Hall–Kier alpha value is -1.56. The van der Waals surface area contributed by atoms with Crippen molar-refractivity contribution in [2.75, 3.05) is 0 Å². The van der Waals surface area contributed by atoms with E-state index in [1.807, 2.05) is 0 Å². The summed E-state index contributed by atoms with van der Waals surface area (Å²) in [5.41, 5.74) is 2.96. The molecule has 0 saturated heterocycles. The molecule has 0 nitrogen and oxygen atoms in total. The van der Waals surface area contributed by atoms with Crippen LogP contribution in [0, 0.1) is 0 Å². The van der Waals surface area contributed by atoms with Gasteiger partial charge in [-0.2, -0.15) is 0 Å². The molecule has 0 saturated carbocycles. The maximum absolute atomic E-state index is 2.33. The third kappa shape index (κ3) is 2.73. The van der Waals surface area contributed by atoms with Gasteiger partial charge in [0.25, 0.3) is 0 Å². The predicted octanol–water partition coefficient (Wildman–Crippen LogP) is 5.58. The van der Waals surface area contributed by atoms with Crippen molar-refractivity contribution in [2.24, 2.45) is 0 Å². The zero-order chi connectivity index (χ0) is 13.2. The first-order valence-electron chi connectivity index (χ1n) is 6.57. The van der Waals surface area contributed by atoms with E-state index in [2.05, 4.69) is 88.4 Å². The van der Waals surface area contributed by atoms with Gasteiger partial charge in [-0.1, -0.05) is 95.8 Å². The number of rotatable bonds is 3. The molecule has 0 unspecified atom stereocenters. The van der Waals surface area contributed by atoms with E-state index in [1.165, 1.54) is 11.1 Å². The first-order chi connectivity index (χ1) is 8.46. The Balaban J connectivity index is 0.00000180. The van der Waals surface area contributed by atoms with Gasteiger partial charge in [0.05, 0.1) is 0 Å². The molecule has 0 heterocycles. The maximum Gasteiger partial charge on any atom is -0.00120 e. The fourth-order valence-electron chi connectivity index (χ4n) is 2.43. The Labute approximate surface area is 118 Å². The summed E-state index contributed by atoms with van der Waals surface area (Å²) in [5, 5.41) is 0. The molecule has 2 aromatic carbocycles. The number of hydrogen-bond acceptors (Lipinski definition) is 0. The molecule has 0 aromatic heterocycles. The van der Waals surface area contributed by atoms with Gasteiger partial charge in [-0.05, 0) is 22.0 Å². The highest BCUT2D eigenvalue weighted by Crippen LogP contribution is 2.43. The molecular formula is C19H26. The van der Waals surface area contributed by atoms with Crippen molar-refractivity contribution in [3.05, 3.63) is 71.8 Å². The molecule has 0 heteroatoms. The summed E-state index contributed by atoms with van der Waals surface area (Å²) < 4.78 is 0. The fourth-order valence-corrected chi connectivity index (χ4v) is 2.43. The molecule has 0 aliphatic heterocycles. The molecular weight excluding hydrogens is 228 g/mol. The topological polar surface area (TPSA) is 0 Å². The van der Waals surface area contributed by atoms with Crippen LogP contribution in [0.2, 0.25) is 0 Å². The largest absolute Gasteiger partial charge is 0.0776 e. The second-order valence-corrected chi connectivity index (χ2v) is 5.98. The Morgan fingerprint density at radius 1 is 0.526 bits per heavy atom. The Morgan fingerprint density at radius 3 is 1.05 bits per heavy atom. The molecule has 0 amide bonds. The van der Waals surface area contributed by atoms with E-state index in [-0.39, 0.29) is 18.3 Å². The van der Waals surface area contributed by atoms with Crippen molar-refractivity contribution in [3.8, 4) is 0 Å². The summed E-state index contributed by atoms with van der Waals surface area (Å²) in [6.07, 6.45) is 0. The van der Waals surface area contributed by atoms with Crippen molar-refractivity contribution >= 4 is 0 Å². The van der Waals surface area contributed by atoms with Crippen molar-refractivity contribution in [1.29, 1.82) is 0 Å². The number of hydrogen-bond donors (Lipinski definition) is 0. The third-order valence-corrected chi connectivity index (χ3v) is 4.55. The average molecular weight is 254 g/mol. The highest BCUT2D eigenvalue weighted by atomic mass is 14.4. The van der Waals surface area contributed by atoms with Gasteiger partial charge < -0.3 is 0 Å². The first kappa shape index (κ1) is 15.5. The smallest absolute Gasteiger partial charge is 0.00120 e. The minimum absolute atomic E-state index is 0. The normalized spacial score (nSPS) is 11.8. The van der Waals surface area contributed by atoms with Gasteiger partial charge in [-0.25, -0.2) is 0 Å². The molecule has 0 N–H and O–H groups in total. The summed E-state index contributed by atoms with van der Waals surface area (Å²) in [4.78, 5) is 0. The Kier molecular flexibility index (Phi) is 4.57. The maximum atomic E-state index is 2.33. The Morgan fingerprint density at radius 2 is 0.789 bits per heavy atom. The lowest BCUT2D eigenvalue weighted by Gasteiger charge is -2.43. The molecule has 2 rings (SSSR count). The zero-order valence-electron chi connectivity index (χ0n) is 11.8. The fraction of sp³-hybridized carbons (Fsp3) is 0.368. The third-order valence-electron chi connectivity index (χ3n) is 4.55. The van der Waals surface area contributed by atoms with E-state index >= 15 is 0 Å². The molecule has 0 aliphatic rings. The molecule has 0 radical (unpaired) electrons. The van der Waals surface area contributed by atoms with Crippen LogP contribution in [0.1, 0.15) is 46.2 Å². The van der Waals surface area contributed by atoms with Crippen LogP contribution in [0.4, 0.5) is 0 Å². The average Bonchev–Trinajstić information content (AvgIpc) is 2.40. The van der Waals surface area contributed by atoms with Crippen LogP contribution in [-0.2, 0) is 10.8 Å². The predicted molar refractivity (Wildman–Crippen MR) is 85.7 cm³/mol. The molecule has 0 bridgehead atoms. The molecule has 0 aliphatic carbocycles. The van der Waals surface area contributed by atoms with Crippen molar-refractivity contribution in [3.63, 3.8) is 0 Å². The lowest BCUT2D eigenvalue weighted by Crippen LogP contribution is -2.40. The SMILES string of the molecule is C.CC(C)(c1ccccc1)C(C)(C)c1ccccc1. The van der Waals surface area contributed by atoms with Gasteiger partial charge in [-0.3, -0.25) is 0 Å². The van der Waals surface area contributed by atoms with Crippen LogP contribution in [0.5, 0.6) is 0 Å².